The summed E-state index contributed by atoms with van der Waals surface area (Å²) in [6, 6.07) is 9.22. The lowest BCUT2D eigenvalue weighted by Gasteiger charge is -2.36. The molecule has 4 heterocycles. The van der Waals surface area contributed by atoms with Gasteiger partial charge in [-0.2, -0.15) is 0 Å². The molecule has 5 rings (SSSR count). The second kappa shape index (κ2) is 7.23. The molecular weight excluding hydrogens is 374 g/mol. The molecule has 9 nitrogen and oxygen atoms in total. The number of hydrogen-bond acceptors (Lipinski definition) is 7. The third-order valence-corrected chi connectivity index (χ3v) is 5.53. The van der Waals surface area contributed by atoms with E-state index >= 15 is 0 Å². The molecule has 0 saturated carbocycles. The second-order valence-electron chi connectivity index (χ2n) is 7.32. The zero-order chi connectivity index (χ0) is 19.8. The van der Waals surface area contributed by atoms with Crippen molar-refractivity contribution in [3.05, 3.63) is 30.3 Å². The summed E-state index contributed by atoms with van der Waals surface area (Å²) in [6.45, 7) is 2.83. The first-order valence-corrected chi connectivity index (χ1v) is 9.74. The van der Waals surface area contributed by atoms with Crippen LogP contribution >= 0.6 is 0 Å². The maximum atomic E-state index is 12.5. The molecule has 0 spiro atoms. The lowest BCUT2D eigenvalue weighted by Crippen LogP contribution is -2.53. The van der Waals surface area contributed by atoms with Crippen molar-refractivity contribution in [3.63, 3.8) is 0 Å². The molecule has 1 unspecified atom stereocenters. The fraction of sp³-hybridized carbons (Fsp3) is 0.400. The number of carbonyl (C=O) groups is 2. The van der Waals surface area contributed by atoms with Crippen molar-refractivity contribution < 1.29 is 19.1 Å². The number of amides is 2. The van der Waals surface area contributed by atoms with Crippen molar-refractivity contribution in [3.8, 4) is 22.8 Å². The third-order valence-electron chi connectivity index (χ3n) is 5.53. The topological polar surface area (TPSA) is 96.9 Å². The number of ether oxygens (including phenoxy) is 2. The van der Waals surface area contributed by atoms with E-state index in [1.165, 1.54) is 0 Å². The Kier molecular flexibility index (Phi) is 4.42. The first-order chi connectivity index (χ1) is 14.2. The number of fused-ring (bicyclic) bond motifs is 1. The van der Waals surface area contributed by atoms with Gasteiger partial charge in [0.25, 0.3) is 0 Å². The van der Waals surface area contributed by atoms with Gasteiger partial charge in [-0.1, -0.05) is 0 Å². The molecule has 0 aliphatic carbocycles. The number of carbonyl (C=O) groups excluding carboxylic acids is 2. The van der Waals surface area contributed by atoms with Gasteiger partial charge in [0.15, 0.2) is 17.3 Å². The molecule has 1 atom stereocenters. The maximum Gasteiger partial charge on any atom is 0.245 e. The first kappa shape index (κ1) is 17.7. The van der Waals surface area contributed by atoms with Crippen molar-refractivity contribution in [1.29, 1.82) is 0 Å². The SMILES string of the molecule is O=C1CCC(C(=O)N2CCN(c3ccc(-c4ccc5c(c4)OCO5)nn3)CC2)N1. The predicted octanol–water partition coefficient (Wildman–Crippen LogP) is 0.799. The fourth-order valence-electron chi connectivity index (χ4n) is 3.88. The van der Waals surface area contributed by atoms with Crippen LogP contribution in [0.4, 0.5) is 5.82 Å². The normalized spacial score (nSPS) is 20.7. The van der Waals surface area contributed by atoms with E-state index in [0.29, 0.717) is 44.8 Å². The number of benzene rings is 1. The van der Waals surface area contributed by atoms with Gasteiger partial charge in [-0.25, -0.2) is 0 Å². The Labute approximate surface area is 167 Å². The Hall–Kier alpha value is -3.36. The summed E-state index contributed by atoms with van der Waals surface area (Å²) in [7, 11) is 0. The number of piperazine rings is 1. The Morgan fingerprint density at radius 3 is 2.59 bits per heavy atom. The van der Waals surface area contributed by atoms with E-state index in [1.54, 1.807) is 0 Å². The lowest BCUT2D eigenvalue weighted by atomic mass is 10.1. The van der Waals surface area contributed by atoms with Gasteiger partial charge in [0.2, 0.25) is 18.6 Å². The minimum Gasteiger partial charge on any atom is -0.454 e. The number of nitrogens with zero attached hydrogens (tertiary/aromatic N) is 4. The Morgan fingerprint density at radius 2 is 1.86 bits per heavy atom. The average Bonchev–Trinajstić information content (AvgIpc) is 3.42. The molecule has 1 aromatic carbocycles. The Bertz CT molecular complexity index is 940. The van der Waals surface area contributed by atoms with Crippen LogP contribution in [0.15, 0.2) is 30.3 Å². The van der Waals surface area contributed by atoms with Crippen LogP contribution in [0.1, 0.15) is 12.8 Å². The van der Waals surface area contributed by atoms with Gasteiger partial charge in [-0.15, -0.1) is 10.2 Å². The highest BCUT2D eigenvalue weighted by Crippen LogP contribution is 2.35. The molecular formula is C20H21N5O4. The Balaban J connectivity index is 1.21. The molecule has 2 fully saturated rings. The summed E-state index contributed by atoms with van der Waals surface area (Å²) in [6.07, 6.45) is 1.02. The number of nitrogens with one attached hydrogen (secondary N) is 1. The van der Waals surface area contributed by atoms with Gasteiger partial charge in [0.05, 0.1) is 5.69 Å². The number of hydrogen-bond donors (Lipinski definition) is 1. The van der Waals surface area contributed by atoms with Crippen molar-refractivity contribution in [1.82, 2.24) is 20.4 Å². The summed E-state index contributed by atoms with van der Waals surface area (Å²) in [4.78, 5) is 27.8. The summed E-state index contributed by atoms with van der Waals surface area (Å²) in [5.74, 6) is 2.21. The summed E-state index contributed by atoms with van der Waals surface area (Å²) in [5, 5.41) is 11.5. The number of anilines is 1. The summed E-state index contributed by atoms with van der Waals surface area (Å²) in [5.41, 5.74) is 1.68. The van der Waals surface area contributed by atoms with E-state index in [0.717, 1.165) is 22.8 Å². The van der Waals surface area contributed by atoms with Crippen LogP contribution in [-0.4, -0.2) is 65.9 Å². The van der Waals surface area contributed by atoms with Crippen LogP contribution in [0.5, 0.6) is 11.5 Å². The Morgan fingerprint density at radius 1 is 1.03 bits per heavy atom. The molecule has 1 aromatic heterocycles. The van der Waals surface area contributed by atoms with Crippen molar-refractivity contribution in [2.24, 2.45) is 0 Å². The minimum atomic E-state index is -0.366. The maximum absolute atomic E-state index is 12.5. The predicted molar refractivity (Wildman–Crippen MR) is 104 cm³/mol. The highest BCUT2D eigenvalue weighted by molar-refractivity contribution is 5.90. The van der Waals surface area contributed by atoms with Gasteiger partial charge >= 0.3 is 0 Å². The van der Waals surface area contributed by atoms with E-state index in [9.17, 15) is 9.59 Å². The van der Waals surface area contributed by atoms with Gasteiger partial charge in [-0.3, -0.25) is 9.59 Å². The third kappa shape index (κ3) is 3.43. The number of rotatable bonds is 3. The highest BCUT2D eigenvalue weighted by atomic mass is 16.7. The van der Waals surface area contributed by atoms with Crippen LogP contribution < -0.4 is 19.7 Å². The van der Waals surface area contributed by atoms with Crippen LogP contribution in [0, 0.1) is 0 Å². The van der Waals surface area contributed by atoms with Crippen molar-refractivity contribution >= 4 is 17.6 Å². The number of aromatic nitrogens is 2. The van der Waals surface area contributed by atoms with Gasteiger partial charge in [0.1, 0.15) is 6.04 Å². The largest absolute Gasteiger partial charge is 0.454 e. The molecule has 9 heteroatoms. The minimum absolute atomic E-state index is 0.0136. The zero-order valence-electron chi connectivity index (χ0n) is 15.8. The first-order valence-electron chi connectivity index (χ1n) is 9.74. The molecule has 0 radical (unpaired) electrons. The zero-order valence-corrected chi connectivity index (χ0v) is 15.8. The smallest absolute Gasteiger partial charge is 0.245 e. The summed E-state index contributed by atoms with van der Waals surface area (Å²) < 4.78 is 10.8. The summed E-state index contributed by atoms with van der Waals surface area (Å²) >= 11 is 0. The van der Waals surface area contributed by atoms with Gasteiger partial charge in [-0.05, 0) is 36.8 Å². The van der Waals surface area contributed by atoms with Crippen LogP contribution in [0.2, 0.25) is 0 Å². The van der Waals surface area contributed by atoms with Crippen LogP contribution in [-0.2, 0) is 9.59 Å². The lowest BCUT2D eigenvalue weighted by molar-refractivity contribution is -0.134. The second-order valence-corrected chi connectivity index (χ2v) is 7.32. The van der Waals surface area contributed by atoms with Crippen LogP contribution in [0.25, 0.3) is 11.3 Å². The molecule has 150 valence electrons. The van der Waals surface area contributed by atoms with E-state index in [2.05, 4.69) is 20.4 Å². The molecule has 1 N–H and O–H groups in total. The van der Waals surface area contributed by atoms with Crippen molar-refractivity contribution in [2.75, 3.05) is 37.9 Å². The molecule has 3 aliphatic rings. The van der Waals surface area contributed by atoms with Gasteiger partial charge < -0.3 is 24.6 Å². The molecule has 2 amide bonds. The quantitative estimate of drug-likeness (QED) is 0.821. The fourth-order valence-corrected chi connectivity index (χ4v) is 3.88. The molecule has 29 heavy (non-hydrogen) atoms. The molecule has 3 aliphatic heterocycles. The standard InChI is InChI=1S/C20H21N5O4/c26-19-6-3-15(21-19)20(27)25-9-7-24(8-10-25)18-5-2-14(22-23-18)13-1-4-16-17(11-13)29-12-28-16/h1-2,4-5,11,15H,3,6-10,12H2,(H,21,26). The van der Waals surface area contributed by atoms with E-state index in [1.807, 2.05) is 35.2 Å². The average molecular weight is 395 g/mol. The highest BCUT2D eigenvalue weighted by Gasteiger charge is 2.32. The van der Waals surface area contributed by atoms with E-state index in [-0.39, 0.29) is 24.6 Å². The molecule has 0 bridgehead atoms. The van der Waals surface area contributed by atoms with E-state index in [4.69, 9.17) is 9.47 Å². The molecule has 2 aromatic rings. The monoisotopic (exact) mass is 395 g/mol. The van der Waals surface area contributed by atoms with Crippen molar-refractivity contribution in [2.45, 2.75) is 18.9 Å². The van der Waals surface area contributed by atoms with Gasteiger partial charge in [0, 0.05) is 38.2 Å². The van der Waals surface area contributed by atoms with E-state index < -0.39 is 0 Å². The van der Waals surface area contributed by atoms with Crippen LogP contribution in [0.3, 0.4) is 0 Å². The molecule has 2 saturated heterocycles.